The van der Waals surface area contributed by atoms with Crippen LogP contribution in [0.4, 0.5) is 13.2 Å². The topological polar surface area (TPSA) is 67.5 Å². The molecule has 0 bridgehead atoms. The van der Waals surface area contributed by atoms with Gasteiger partial charge in [0.1, 0.15) is 24.3 Å². The smallest absolute Gasteiger partial charge is 0.416 e. The predicted octanol–water partition coefficient (Wildman–Crippen LogP) is 6.02. The molecule has 0 radical (unpaired) electrons. The van der Waals surface area contributed by atoms with Gasteiger partial charge in [0, 0.05) is 12.1 Å². The minimum absolute atomic E-state index is 0.149. The Hall–Kier alpha value is -3.10. The molecule has 2 aromatic carbocycles. The van der Waals surface area contributed by atoms with Gasteiger partial charge in [-0.05, 0) is 66.4 Å². The highest BCUT2D eigenvalue weighted by Crippen LogP contribution is 2.31. The number of oxazole rings is 1. The highest BCUT2D eigenvalue weighted by atomic mass is 19.4. The number of nitrogens with zero attached hydrogens (tertiary/aromatic N) is 1. The molecule has 5 nitrogen and oxygen atoms in total. The van der Waals surface area contributed by atoms with Gasteiger partial charge in [0.2, 0.25) is 5.89 Å². The van der Waals surface area contributed by atoms with Crippen molar-refractivity contribution in [2.75, 3.05) is 6.54 Å². The van der Waals surface area contributed by atoms with Crippen LogP contribution in [0.25, 0.3) is 17.0 Å². The molecule has 3 rings (SSSR count). The molecular weight excluding hydrogens is 409 g/mol. The normalized spacial score (nSPS) is 12.3. The van der Waals surface area contributed by atoms with Crippen LogP contribution in [0.15, 0.2) is 59.2 Å². The van der Waals surface area contributed by atoms with Gasteiger partial charge in [-0.1, -0.05) is 19.1 Å². The number of hydrogen-bond donors (Lipinski definition) is 2. The lowest BCUT2D eigenvalue weighted by molar-refractivity contribution is -0.137. The monoisotopic (exact) mass is 432 g/mol. The molecule has 0 amide bonds. The summed E-state index contributed by atoms with van der Waals surface area (Å²) in [6.07, 6.45) is -0.257. The van der Waals surface area contributed by atoms with Crippen LogP contribution in [-0.4, -0.2) is 16.7 Å². The molecule has 31 heavy (non-hydrogen) atoms. The van der Waals surface area contributed by atoms with Crippen molar-refractivity contribution < 1.29 is 27.5 Å². The van der Waals surface area contributed by atoms with E-state index in [1.54, 1.807) is 0 Å². The van der Waals surface area contributed by atoms with E-state index in [-0.39, 0.29) is 12.5 Å². The summed E-state index contributed by atoms with van der Waals surface area (Å²) in [5.41, 5.74) is 5.46. The Labute approximate surface area is 178 Å². The molecule has 164 valence electrons. The van der Waals surface area contributed by atoms with Gasteiger partial charge in [0.15, 0.2) is 0 Å². The Morgan fingerprint density at radius 2 is 1.94 bits per heavy atom. The molecule has 0 fully saturated rings. The summed E-state index contributed by atoms with van der Waals surface area (Å²) in [5.74, 6) is 0.885. The zero-order chi connectivity index (χ0) is 22.4. The number of ether oxygens (including phenoxy) is 1. The molecule has 0 aliphatic carbocycles. The van der Waals surface area contributed by atoms with Crippen molar-refractivity contribution in [1.82, 2.24) is 10.5 Å². The predicted molar refractivity (Wildman–Crippen MR) is 111 cm³/mol. The van der Waals surface area contributed by atoms with Gasteiger partial charge < -0.3 is 14.4 Å². The molecule has 2 N–H and O–H groups in total. The zero-order valence-electron chi connectivity index (χ0n) is 17.2. The van der Waals surface area contributed by atoms with E-state index in [1.165, 1.54) is 18.4 Å². The first kappa shape index (κ1) is 22.6. The molecule has 0 atom stereocenters. The van der Waals surface area contributed by atoms with Crippen molar-refractivity contribution in [2.45, 2.75) is 33.1 Å². The van der Waals surface area contributed by atoms with E-state index < -0.39 is 11.7 Å². The number of aromatic nitrogens is 1. The number of benzene rings is 2. The SMILES string of the molecule is CCC(=CCNO)c1cc(C)cc(OCc2coc(-c3ccc(C(F)(F)F)cc3)n2)c1. The Bertz CT molecular complexity index is 1040. The molecule has 8 heteroatoms. The molecule has 0 saturated heterocycles. The first-order valence-electron chi connectivity index (χ1n) is 9.73. The van der Waals surface area contributed by atoms with Gasteiger partial charge in [-0.2, -0.15) is 13.2 Å². The van der Waals surface area contributed by atoms with Crippen LogP contribution in [0.3, 0.4) is 0 Å². The van der Waals surface area contributed by atoms with E-state index >= 15 is 0 Å². The lowest BCUT2D eigenvalue weighted by atomic mass is 10.0. The van der Waals surface area contributed by atoms with Crippen molar-refractivity contribution in [3.05, 3.63) is 77.2 Å². The average molecular weight is 432 g/mol. The van der Waals surface area contributed by atoms with Gasteiger partial charge in [0.25, 0.3) is 0 Å². The summed E-state index contributed by atoms with van der Waals surface area (Å²) in [6.45, 7) is 4.49. The van der Waals surface area contributed by atoms with Crippen LogP contribution in [0, 0.1) is 6.92 Å². The van der Waals surface area contributed by atoms with Crippen LogP contribution >= 0.6 is 0 Å². The van der Waals surface area contributed by atoms with Crippen molar-refractivity contribution in [3.8, 4) is 17.2 Å². The van der Waals surface area contributed by atoms with Gasteiger partial charge >= 0.3 is 6.18 Å². The third-order valence-electron chi connectivity index (χ3n) is 4.64. The summed E-state index contributed by atoms with van der Waals surface area (Å²) in [5, 5.41) is 8.83. The van der Waals surface area contributed by atoms with E-state index in [0.717, 1.165) is 35.3 Å². The maximum Gasteiger partial charge on any atom is 0.416 e. The van der Waals surface area contributed by atoms with Gasteiger partial charge in [-0.25, -0.2) is 10.5 Å². The number of rotatable bonds is 8. The number of hydrogen-bond acceptors (Lipinski definition) is 5. The van der Waals surface area contributed by atoms with Crippen molar-refractivity contribution in [2.24, 2.45) is 0 Å². The largest absolute Gasteiger partial charge is 0.487 e. The number of hydroxylamine groups is 1. The number of allylic oxidation sites excluding steroid dienone is 1. The summed E-state index contributed by atoms with van der Waals surface area (Å²) in [7, 11) is 0. The highest BCUT2D eigenvalue weighted by molar-refractivity contribution is 5.67. The second-order valence-electron chi connectivity index (χ2n) is 6.99. The molecule has 0 aliphatic rings. The second-order valence-corrected chi connectivity index (χ2v) is 6.99. The van der Waals surface area contributed by atoms with Crippen molar-refractivity contribution in [1.29, 1.82) is 0 Å². The summed E-state index contributed by atoms with van der Waals surface area (Å²) < 4.78 is 49.4. The van der Waals surface area contributed by atoms with Crippen LogP contribution in [0.5, 0.6) is 5.75 Å². The minimum atomic E-state index is -4.39. The molecule has 1 heterocycles. The first-order valence-corrected chi connectivity index (χ1v) is 9.73. The number of halogens is 3. The van der Waals surface area contributed by atoms with E-state index in [4.69, 9.17) is 14.4 Å². The quantitative estimate of drug-likeness (QED) is 0.426. The fraction of sp³-hybridized carbons (Fsp3) is 0.261. The fourth-order valence-corrected chi connectivity index (χ4v) is 3.12. The van der Waals surface area contributed by atoms with Crippen molar-refractivity contribution in [3.63, 3.8) is 0 Å². The summed E-state index contributed by atoms with van der Waals surface area (Å²) in [4.78, 5) is 4.30. The molecule has 1 aromatic heterocycles. The first-order chi connectivity index (χ1) is 14.8. The van der Waals surface area contributed by atoms with Gasteiger partial charge in [-0.3, -0.25) is 0 Å². The number of alkyl halides is 3. The van der Waals surface area contributed by atoms with Crippen molar-refractivity contribution >= 4 is 5.57 Å². The Morgan fingerprint density at radius 3 is 2.58 bits per heavy atom. The standard InChI is InChI=1S/C23H23F3N2O3/c1-3-16(8-9-27-29)18-10-15(2)11-21(12-18)30-13-20-14-31-22(28-20)17-4-6-19(7-5-17)23(24,25)26/h4-8,10-12,14,27,29H,3,9,13H2,1-2H3. The Morgan fingerprint density at radius 1 is 1.19 bits per heavy atom. The van der Waals surface area contributed by atoms with Gasteiger partial charge in [0.05, 0.1) is 5.56 Å². The summed E-state index contributed by atoms with van der Waals surface area (Å²) >= 11 is 0. The second kappa shape index (κ2) is 9.80. The third-order valence-corrected chi connectivity index (χ3v) is 4.64. The van der Waals surface area contributed by atoms with Crippen LogP contribution in [0.2, 0.25) is 0 Å². The molecule has 3 aromatic rings. The molecule has 0 unspecified atom stereocenters. The Kier molecular flexibility index (Phi) is 7.14. The van der Waals surface area contributed by atoms with E-state index in [1.807, 2.05) is 38.1 Å². The number of aryl methyl sites for hydroxylation is 1. The number of nitrogens with one attached hydrogen (secondary N) is 1. The van der Waals surface area contributed by atoms with Crippen LogP contribution < -0.4 is 10.2 Å². The minimum Gasteiger partial charge on any atom is -0.487 e. The maximum atomic E-state index is 12.7. The summed E-state index contributed by atoms with van der Waals surface area (Å²) in [6, 6.07) is 10.5. The zero-order valence-corrected chi connectivity index (χ0v) is 17.2. The molecule has 0 aliphatic heterocycles. The lowest BCUT2D eigenvalue weighted by Crippen LogP contribution is -2.06. The highest BCUT2D eigenvalue weighted by Gasteiger charge is 2.30. The molecule has 0 saturated carbocycles. The van der Waals surface area contributed by atoms with E-state index in [2.05, 4.69) is 10.5 Å². The van der Waals surface area contributed by atoms with Crippen LogP contribution in [0.1, 0.15) is 35.7 Å². The third kappa shape index (κ3) is 5.96. The fourth-order valence-electron chi connectivity index (χ4n) is 3.12. The molecular formula is C23H23F3N2O3. The maximum absolute atomic E-state index is 12.7. The molecule has 0 spiro atoms. The van der Waals surface area contributed by atoms with E-state index in [0.29, 0.717) is 23.6 Å². The van der Waals surface area contributed by atoms with Gasteiger partial charge in [-0.15, -0.1) is 0 Å². The van der Waals surface area contributed by atoms with Crippen LogP contribution in [-0.2, 0) is 12.8 Å². The Balaban J connectivity index is 1.71. The average Bonchev–Trinajstić information content (AvgIpc) is 3.21. The van der Waals surface area contributed by atoms with E-state index in [9.17, 15) is 13.2 Å². The lowest BCUT2D eigenvalue weighted by Gasteiger charge is -2.11.